The van der Waals surface area contributed by atoms with Gasteiger partial charge in [-0.1, -0.05) is 19.9 Å². The summed E-state index contributed by atoms with van der Waals surface area (Å²) >= 11 is 0. The lowest BCUT2D eigenvalue weighted by Crippen LogP contribution is -2.37. The van der Waals surface area contributed by atoms with Gasteiger partial charge in [0.1, 0.15) is 0 Å². The SMILES string of the molecule is C=CC.CC.CC(=O)[C@@H]1CCCN1C(C)=O. The number of likely N-dealkylation sites (tertiary alicyclic amines) is 1. The predicted molar refractivity (Wildman–Crippen MR) is 68.3 cm³/mol. The first-order valence-corrected chi connectivity index (χ1v) is 5.89. The van der Waals surface area contributed by atoms with E-state index in [9.17, 15) is 9.59 Å². The number of Topliss-reactive ketones (excluding diaryl/α,β-unsaturated/α-hetero) is 1. The largest absolute Gasteiger partial charge is 0.333 e. The van der Waals surface area contributed by atoms with Gasteiger partial charge in [-0.05, 0) is 26.7 Å². The van der Waals surface area contributed by atoms with Crippen LogP contribution in [0.3, 0.4) is 0 Å². The van der Waals surface area contributed by atoms with Crippen molar-refractivity contribution in [3.05, 3.63) is 12.7 Å². The summed E-state index contributed by atoms with van der Waals surface area (Å²) in [5.41, 5.74) is 0. The molecule has 0 aliphatic carbocycles. The van der Waals surface area contributed by atoms with E-state index in [4.69, 9.17) is 0 Å². The van der Waals surface area contributed by atoms with Crippen LogP contribution in [-0.2, 0) is 9.59 Å². The van der Waals surface area contributed by atoms with E-state index in [0.717, 1.165) is 19.4 Å². The van der Waals surface area contributed by atoms with Gasteiger partial charge in [-0.2, -0.15) is 0 Å². The van der Waals surface area contributed by atoms with Crippen LogP contribution in [0.25, 0.3) is 0 Å². The van der Waals surface area contributed by atoms with Crippen LogP contribution < -0.4 is 0 Å². The Bertz CT molecular complexity index is 204. The highest BCUT2D eigenvalue weighted by Gasteiger charge is 2.29. The molecule has 1 aliphatic rings. The molecule has 1 aliphatic heterocycles. The number of allylic oxidation sites excluding steroid dienone is 1. The average Bonchev–Trinajstić information content (AvgIpc) is 2.70. The number of carbonyl (C=O) groups is 2. The molecule has 16 heavy (non-hydrogen) atoms. The van der Waals surface area contributed by atoms with E-state index in [1.54, 1.807) is 17.9 Å². The standard InChI is InChI=1S/C8H13NO2.C3H6.C2H6/c1-6(10)8-4-3-5-9(8)7(2)11;1-3-2;1-2/h8H,3-5H2,1-2H3;3H,1H2,2H3;1-2H3/t8-;;/m0../s1. The molecule has 0 N–H and O–H groups in total. The van der Waals surface area contributed by atoms with Crippen molar-refractivity contribution in [2.24, 2.45) is 0 Å². The summed E-state index contributed by atoms with van der Waals surface area (Å²) < 4.78 is 0. The molecule has 1 amide bonds. The molecule has 3 heteroatoms. The lowest BCUT2D eigenvalue weighted by Gasteiger charge is -2.20. The molecule has 3 nitrogen and oxygen atoms in total. The van der Waals surface area contributed by atoms with Crippen LogP contribution in [0.2, 0.25) is 0 Å². The number of hydrogen-bond acceptors (Lipinski definition) is 2. The second kappa shape index (κ2) is 10.4. The van der Waals surface area contributed by atoms with Crippen molar-refractivity contribution >= 4 is 11.7 Å². The van der Waals surface area contributed by atoms with Gasteiger partial charge in [-0.15, -0.1) is 6.58 Å². The molecule has 94 valence electrons. The molecule has 1 rings (SSSR count). The van der Waals surface area contributed by atoms with Gasteiger partial charge in [0.25, 0.3) is 0 Å². The molecule has 0 bridgehead atoms. The Labute approximate surface area is 99.5 Å². The summed E-state index contributed by atoms with van der Waals surface area (Å²) in [7, 11) is 0. The molecule has 1 heterocycles. The van der Waals surface area contributed by atoms with E-state index < -0.39 is 0 Å². The fraction of sp³-hybridized carbons (Fsp3) is 0.692. The maximum atomic E-state index is 11.0. The summed E-state index contributed by atoms with van der Waals surface area (Å²) in [6, 6.07) is -0.132. The Balaban J connectivity index is 0. The van der Waals surface area contributed by atoms with Gasteiger partial charge >= 0.3 is 0 Å². The smallest absolute Gasteiger partial charge is 0.220 e. The number of nitrogens with zero attached hydrogens (tertiary/aromatic N) is 1. The Kier molecular flexibility index (Phi) is 11.2. The predicted octanol–water partition coefficient (Wildman–Crippen LogP) is 2.80. The van der Waals surface area contributed by atoms with Crippen molar-refractivity contribution < 1.29 is 9.59 Å². The highest BCUT2D eigenvalue weighted by Crippen LogP contribution is 2.17. The normalized spacial score (nSPS) is 17.6. The Morgan fingerprint density at radius 3 is 2.00 bits per heavy atom. The van der Waals surface area contributed by atoms with Crippen molar-refractivity contribution in [2.45, 2.75) is 53.5 Å². The molecule has 0 aromatic rings. The lowest BCUT2D eigenvalue weighted by molar-refractivity contribution is -0.135. The topological polar surface area (TPSA) is 37.4 Å². The van der Waals surface area contributed by atoms with Gasteiger partial charge in [0.05, 0.1) is 6.04 Å². The zero-order chi connectivity index (χ0) is 13.1. The molecule has 0 unspecified atom stereocenters. The number of rotatable bonds is 1. The van der Waals surface area contributed by atoms with Crippen molar-refractivity contribution in [3.63, 3.8) is 0 Å². The molecule has 0 spiro atoms. The molecule has 0 radical (unpaired) electrons. The van der Waals surface area contributed by atoms with E-state index in [0.29, 0.717) is 0 Å². The van der Waals surface area contributed by atoms with Crippen LogP contribution in [-0.4, -0.2) is 29.2 Å². The monoisotopic (exact) mass is 227 g/mol. The second-order valence-corrected chi connectivity index (χ2v) is 3.39. The number of ketones is 1. The first-order chi connectivity index (χ1) is 7.54. The van der Waals surface area contributed by atoms with Gasteiger partial charge in [0.2, 0.25) is 5.91 Å². The van der Waals surface area contributed by atoms with Crippen molar-refractivity contribution in [1.29, 1.82) is 0 Å². The number of amides is 1. The van der Waals surface area contributed by atoms with E-state index in [1.165, 1.54) is 6.92 Å². The molecule has 1 fully saturated rings. The minimum atomic E-state index is -0.132. The molecule has 0 aromatic carbocycles. The molecular formula is C13H25NO2. The third-order valence-corrected chi connectivity index (χ3v) is 2.13. The Hall–Kier alpha value is -1.12. The molecule has 1 saturated heterocycles. The summed E-state index contributed by atoms with van der Waals surface area (Å²) in [4.78, 5) is 23.6. The molecular weight excluding hydrogens is 202 g/mol. The van der Waals surface area contributed by atoms with Gasteiger partial charge in [0.15, 0.2) is 5.78 Å². The quantitative estimate of drug-likeness (QED) is 0.646. The van der Waals surface area contributed by atoms with E-state index in [1.807, 2.05) is 20.8 Å². The maximum absolute atomic E-state index is 11.0. The zero-order valence-electron chi connectivity index (χ0n) is 11.2. The Morgan fingerprint density at radius 2 is 1.75 bits per heavy atom. The first-order valence-electron chi connectivity index (χ1n) is 5.89. The van der Waals surface area contributed by atoms with Gasteiger partial charge < -0.3 is 4.90 Å². The minimum Gasteiger partial charge on any atom is -0.333 e. The van der Waals surface area contributed by atoms with Crippen LogP contribution in [0.15, 0.2) is 12.7 Å². The van der Waals surface area contributed by atoms with Gasteiger partial charge in [0, 0.05) is 13.5 Å². The molecule has 0 saturated carbocycles. The number of carbonyl (C=O) groups excluding carboxylic acids is 2. The van der Waals surface area contributed by atoms with Gasteiger partial charge in [-0.3, -0.25) is 9.59 Å². The van der Waals surface area contributed by atoms with E-state index in [2.05, 4.69) is 6.58 Å². The van der Waals surface area contributed by atoms with Crippen LogP contribution in [0.4, 0.5) is 0 Å². The van der Waals surface area contributed by atoms with Crippen molar-refractivity contribution in [3.8, 4) is 0 Å². The third kappa shape index (κ3) is 6.38. The second-order valence-electron chi connectivity index (χ2n) is 3.39. The van der Waals surface area contributed by atoms with Crippen LogP contribution in [0, 0.1) is 0 Å². The van der Waals surface area contributed by atoms with Crippen LogP contribution in [0.5, 0.6) is 0 Å². The van der Waals surface area contributed by atoms with Crippen molar-refractivity contribution in [2.75, 3.05) is 6.54 Å². The fourth-order valence-electron chi connectivity index (χ4n) is 1.57. The van der Waals surface area contributed by atoms with Crippen LogP contribution in [0.1, 0.15) is 47.5 Å². The first kappa shape index (κ1) is 17.3. The highest BCUT2D eigenvalue weighted by atomic mass is 16.2. The lowest BCUT2D eigenvalue weighted by atomic mass is 10.1. The van der Waals surface area contributed by atoms with E-state index in [-0.39, 0.29) is 17.7 Å². The molecule has 0 aromatic heterocycles. The van der Waals surface area contributed by atoms with Crippen LogP contribution >= 0.6 is 0 Å². The van der Waals surface area contributed by atoms with Crippen molar-refractivity contribution in [1.82, 2.24) is 4.90 Å². The van der Waals surface area contributed by atoms with E-state index >= 15 is 0 Å². The minimum absolute atomic E-state index is 0.0164. The maximum Gasteiger partial charge on any atom is 0.220 e. The summed E-state index contributed by atoms with van der Waals surface area (Å²) in [6.45, 7) is 13.1. The average molecular weight is 227 g/mol. The highest BCUT2D eigenvalue weighted by molar-refractivity contribution is 5.87. The Morgan fingerprint density at radius 1 is 1.31 bits per heavy atom. The third-order valence-electron chi connectivity index (χ3n) is 2.13. The summed E-state index contributed by atoms with van der Waals surface area (Å²) in [6.07, 6.45) is 3.55. The summed E-state index contributed by atoms with van der Waals surface area (Å²) in [5.74, 6) is 0.125. The summed E-state index contributed by atoms with van der Waals surface area (Å²) in [5, 5.41) is 0. The zero-order valence-corrected chi connectivity index (χ0v) is 11.2. The molecule has 1 atom stereocenters. The fourth-order valence-corrected chi connectivity index (χ4v) is 1.57. The van der Waals surface area contributed by atoms with Gasteiger partial charge in [-0.25, -0.2) is 0 Å². The number of hydrogen-bond donors (Lipinski definition) is 0.